The van der Waals surface area contributed by atoms with Gasteiger partial charge in [0.15, 0.2) is 0 Å². The fourth-order valence-corrected chi connectivity index (χ4v) is 0. The number of aliphatic hydroxyl groups excluding tert-OH is 2. The Kier molecular flexibility index (Phi) is 67.6. The molecule has 0 heterocycles. The third-order valence-electron chi connectivity index (χ3n) is 0. The normalized spacial score (nSPS) is 5.38. The summed E-state index contributed by atoms with van der Waals surface area (Å²) in [6.07, 6.45) is 0. The molecule has 0 unspecified atom stereocenters. The van der Waals surface area contributed by atoms with Crippen molar-refractivity contribution < 1.29 is 10.2 Å². The van der Waals surface area contributed by atoms with Crippen molar-refractivity contribution in [3.63, 3.8) is 0 Å². The van der Waals surface area contributed by atoms with Crippen molar-refractivity contribution in [2.75, 3.05) is 0 Å². The standard InChI is InChI=1S/C3H5Cl.2C2H6.2CH3NOS/c1-3(2)4;2*1-2;2*2-1(3)4/h1H2,2H3;2*1-2H3;2*(H3,2,3,4). The first-order chi connectivity index (χ1) is 7.20. The number of hydrogen-bond acceptors (Lipinski definition) is 2. The van der Waals surface area contributed by atoms with E-state index in [4.69, 9.17) is 21.8 Å². The average molecular weight is 291 g/mol. The Morgan fingerprint density at radius 3 is 1.00 bits per heavy atom. The molecule has 0 aliphatic heterocycles. The molecule has 0 spiro atoms. The van der Waals surface area contributed by atoms with Gasteiger partial charge < -0.3 is 21.7 Å². The summed E-state index contributed by atoms with van der Waals surface area (Å²) in [6.45, 7) is 13.1. The lowest BCUT2D eigenvalue weighted by Crippen LogP contribution is -2.03. The molecule has 7 heteroatoms. The molecule has 4 nitrogen and oxygen atoms in total. The van der Waals surface area contributed by atoms with Crippen LogP contribution in [0.15, 0.2) is 11.6 Å². The number of thiocarbonyl (C=S) groups is 2. The van der Waals surface area contributed by atoms with Crippen molar-refractivity contribution in [1.82, 2.24) is 0 Å². The highest BCUT2D eigenvalue weighted by Gasteiger charge is 1.58. The van der Waals surface area contributed by atoms with E-state index in [2.05, 4.69) is 42.5 Å². The highest BCUT2D eigenvalue weighted by atomic mass is 35.5. The van der Waals surface area contributed by atoms with Gasteiger partial charge in [-0.05, 0) is 31.4 Å². The molecule has 0 fully saturated rings. The highest BCUT2D eigenvalue weighted by Crippen LogP contribution is 1.87. The number of halogens is 1. The second-order valence-corrected chi connectivity index (χ2v) is 2.83. The topological polar surface area (TPSA) is 92.5 Å². The molecule has 0 radical (unpaired) electrons. The summed E-state index contributed by atoms with van der Waals surface area (Å²) in [5.41, 5.74) is 8.80. The van der Waals surface area contributed by atoms with Crippen LogP contribution in [-0.4, -0.2) is 20.6 Å². The quantitative estimate of drug-likeness (QED) is 0.511. The maximum Gasteiger partial charge on any atom is 0.251 e. The molecule has 6 N–H and O–H groups in total. The Hall–Kier alpha value is -0.590. The molecule has 0 amide bonds. The first-order valence-electron chi connectivity index (χ1n) is 4.48. The highest BCUT2D eigenvalue weighted by molar-refractivity contribution is 7.80. The van der Waals surface area contributed by atoms with Crippen molar-refractivity contribution in [2.24, 2.45) is 11.5 Å². The molecular formula is C9H23ClN2O2S2. The monoisotopic (exact) mass is 290 g/mol. The van der Waals surface area contributed by atoms with E-state index in [9.17, 15) is 0 Å². The molecule has 0 saturated carbocycles. The molecule has 0 aromatic carbocycles. The Bertz CT molecular complexity index is 127. The lowest BCUT2D eigenvalue weighted by atomic mass is 10.8. The van der Waals surface area contributed by atoms with Crippen LogP contribution in [0.5, 0.6) is 0 Å². The minimum atomic E-state index is -0.500. The van der Waals surface area contributed by atoms with Crippen molar-refractivity contribution in [3.05, 3.63) is 11.6 Å². The van der Waals surface area contributed by atoms with Crippen LogP contribution >= 0.6 is 36.0 Å². The number of allylic oxidation sites excluding steroid dienone is 1. The van der Waals surface area contributed by atoms with Gasteiger partial charge in [0.1, 0.15) is 0 Å². The van der Waals surface area contributed by atoms with Gasteiger partial charge in [-0.15, -0.1) is 0 Å². The summed E-state index contributed by atoms with van der Waals surface area (Å²) >= 11 is 12.8. The van der Waals surface area contributed by atoms with E-state index in [1.165, 1.54) is 0 Å². The van der Waals surface area contributed by atoms with Crippen LogP contribution in [0, 0.1) is 0 Å². The van der Waals surface area contributed by atoms with Crippen LogP contribution in [0.3, 0.4) is 0 Å². The SMILES string of the molecule is C=C(C)Cl.CC.CC.NC(O)=S.NC(O)=S. The van der Waals surface area contributed by atoms with E-state index in [-0.39, 0.29) is 0 Å². The third kappa shape index (κ3) is 5930. The lowest BCUT2D eigenvalue weighted by molar-refractivity contribution is 0.559. The number of rotatable bonds is 0. The van der Waals surface area contributed by atoms with E-state index in [0.717, 1.165) is 0 Å². The zero-order valence-corrected chi connectivity index (χ0v) is 12.8. The molecule has 0 aliphatic rings. The molecule has 0 saturated heterocycles. The third-order valence-corrected chi connectivity index (χ3v) is 0. The summed E-state index contributed by atoms with van der Waals surface area (Å²) in [5, 5.41) is 14.8. The fraction of sp³-hybridized carbons (Fsp3) is 0.556. The Labute approximate surface area is 114 Å². The molecule has 0 aromatic heterocycles. The predicted octanol–water partition coefficient (Wildman–Crippen LogP) is 3.39. The number of nitrogens with two attached hydrogens (primary N) is 2. The number of aliphatic hydroxyl groups is 2. The van der Waals surface area contributed by atoms with Gasteiger partial charge in [0.05, 0.1) is 0 Å². The molecule has 100 valence electrons. The van der Waals surface area contributed by atoms with Gasteiger partial charge in [-0.25, -0.2) is 0 Å². The first-order valence-corrected chi connectivity index (χ1v) is 5.67. The van der Waals surface area contributed by atoms with Gasteiger partial charge in [-0.3, -0.25) is 0 Å². The van der Waals surface area contributed by atoms with Gasteiger partial charge in [0, 0.05) is 5.03 Å². The van der Waals surface area contributed by atoms with E-state index in [1.54, 1.807) is 6.92 Å². The molecule has 16 heavy (non-hydrogen) atoms. The molecule has 0 aromatic rings. The van der Waals surface area contributed by atoms with Gasteiger partial charge in [-0.2, -0.15) is 0 Å². The van der Waals surface area contributed by atoms with Gasteiger partial charge in [-0.1, -0.05) is 45.9 Å². The zero-order chi connectivity index (χ0) is 14.7. The minimum Gasteiger partial charge on any atom is -0.487 e. The van der Waals surface area contributed by atoms with E-state index < -0.39 is 10.3 Å². The van der Waals surface area contributed by atoms with Crippen LogP contribution in [0.4, 0.5) is 0 Å². The van der Waals surface area contributed by atoms with Crippen LogP contribution in [0.25, 0.3) is 0 Å². The summed E-state index contributed by atoms with van der Waals surface area (Å²) in [5.74, 6) is 0. The van der Waals surface area contributed by atoms with Crippen molar-refractivity contribution in [2.45, 2.75) is 34.6 Å². The Balaban J connectivity index is -0.0000000327. The molecular weight excluding hydrogens is 268 g/mol. The maximum absolute atomic E-state index is 7.56. The lowest BCUT2D eigenvalue weighted by Gasteiger charge is -1.67. The first kappa shape index (κ1) is 29.5. The van der Waals surface area contributed by atoms with Crippen LogP contribution in [0.2, 0.25) is 0 Å². The second-order valence-electron chi connectivity index (χ2n) is 1.35. The Morgan fingerprint density at radius 2 is 1.00 bits per heavy atom. The minimum absolute atomic E-state index is 0.500. The van der Waals surface area contributed by atoms with Crippen molar-refractivity contribution in [3.8, 4) is 0 Å². The molecule has 0 atom stereocenters. The van der Waals surface area contributed by atoms with Crippen molar-refractivity contribution in [1.29, 1.82) is 0 Å². The van der Waals surface area contributed by atoms with Crippen molar-refractivity contribution >= 4 is 46.4 Å². The van der Waals surface area contributed by atoms with E-state index in [1.807, 2.05) is 27.7 Å². The Morgan fingerprint density at radius 1 is 1.00 bits per heavy atom. The average Bonchev–Trinajstić information content (AvgIpc) is 2.07. The summed E-state index contributed by atoms with van der Waals surface area (Å²) < 4.78 is 0. The zero-order valence-electron chi connectivity index (χ0n) is 10.5. The summed E-state index contributed by atoms with van der Waals surface area (Å²) in [6, 6.07) is 0. The smallest absolute Gasteiger partial charge is 0.251 e. The van der Waals surface area contributed by atoms with E-state index >= 15 is 0 Å². The van der Waals surface area contributed by atoms with Gasteiger partial charge in [0.2, 0.25) is 0 Å². The van der Waals surface area contributed by atoms with Crippen LogP contribution < -0.4 is 11.5 Å². The predicted molar refractivity (Wildman–Crippen MR) is 82.2 cm³/mol. The molecule has 0 rings (SSSR count). The van der Waals surface area contributed by atoms with Crippen LogP contribution in [-0.2, 0) is 0 Å². The maximum atomic E-state index is 7.56. The second kappa shape index (κ2) is 36.6. The van der Waals surface area contributed by atoms with E-state index in [0.29, 0.717) is 5.03 Å². The summed E-state index contributed by atoms with van der Waals surface area (Å²) in [4.78, 5) is 0. The largest absolute Gasteiger partial charge is 0.487 e. The fourth-order valence-electron chi connectivity index (χ4n) is 0. The van der Waals surface area contributed by atoms with Crippen LogP contribution in [0.1, 0.15) is 34.6 Å². The summed E-state index contributed by atoms with van der Waals surface area (Å²) in [7, 11) is 0. The number of hydrogen-bond donors (Lipinski definition) is 4. The van der Waals surface area contributed by atoms with Gasteiger partial charge in [0.25, 0.3) is 10.3 Å². The molecule has 0 bridgehead atoms. The molecule has 0 aliphatic carbocycles. The van der Waals surface area contributed by atoms with Gasteiger partial charge >= 0.3 is 0 Å².